The van der Waals surface area contributed by atoms with Gasteiger partial charge in [-0.2, -0.15) is 0 Å². The second kappa shape index (κ2) is 10.0. The van der Waals surface area contributed by atoms with E-state index in [-0.39, 0.29) is 18.5 Å². The Kier molecular flexibility index (Phi) is 7.43. The maximum Gasteiger partial charge on any atom is 0.241 e. The number of aryl methyl sites for hydroxylation is 1. The molecule has 0 aromatic heterocycles. The van der Waals surface area contributed by atoms with E-state index in [9.17, 15) is 13.2 Å². The Bertz CT molecular complexity index is 1010. The van der Waals surface area contributed by atoms with Gasteiger partial charge in [0.05, 0.1) is 31.7 Å². The van der Waals surface area contributed by atoms with Crippen LogP contribution in [0.2, 0.25) is 0 Å². The molecule has 1 unspecified atom stereocenters. The van der Waals surface area contributed by atoms with E-state index in [1.807, 2.05) is 25.1 Å². The number of nitrogens with one attached hydrogen (secondary N) is 1. The second-order valence-corrected chi connectivity index (χ2v) is 9.60. The van der Waals surface area contributed by atoms with Gasteiger partial charge in [0.1, 0.15) is 18.0 Å². The summed E-state index contributed by atoms with van der Waals surface area (Å²) in [5, 5.41) is 3.01. The fraction of sp³-hybridized carbons (Fsp3) is 0.435. The molecule has 2 aromatic rings. The van der Waals surface area contributed by atoms with Crippen LogP contribution in [0.5, 0.6) is 11.5 Å². The summed E-state index contributed by atoms with van der Waals surface area (Å²) in [6, 6.07) is 12.4. The zero-order chi connectivity index (χ0) is 22.4. The monoisotopic (exact) mass is 446 g/mol. The number of rotatable bonds is 9. The highest BCUT2D eigenvalue weighted by molar-refractivity contribution is 7.92. The average Bonchev–Trinajstić information content (AvgIpc) is 2.75. The van der Waals surface area contributed by atoms with E-state index in [4.69, 9.17) is 9.47 Å². The molecule has 1 amide bonds. The number of amides is 1. The van der Waals surface area contributed by atoms with Crippen molar-refractivity contribution in [2.45, 2.75) is 38.6 Å². The van der Waals surface area contributed by atoms with E-state index >= 15 is 0 Å². The van der Waals surface area contributed by atoms with Crippen LogP contribution in [-0.4, -0.2) is 40.8 Å². The molecule has 168 valence electrons. The summed E-state index contributed by atoms with van der Waals surface area (Å²) in [5.74, 6) is 1.11. The number of ether oxygens (including phenoxy) is 2. The minimum atomic E-state index is -3.64. The second-order valence-electron chi connectivity index (χ2n) is 7.69. The molecule has 31 heavy (non-hydrogen) atoms. The van der Waals surface area contributed by atoms with Crippen molar-refractivity contribution >= 4 is 21.6 Å². The molecular formula is C23H30N2O5S. The summed E-state index contributed by atoms with van der Waals surface area (Å²) in [4.78, 5) is 12.8. The van der Waals surface area contributed by atoms with Crippen molar-refractivity contribution in [1.29, 1.82) is 0 Å². The van der Waals surface area contributed by atoms with Crippen molar-refractivity contribution in [3.63, 3.8) is 0 Å². The summed E-state index contributed by atoms with van der Waals surface area (Å²) in [7, 11) is -2.01. The van der Waals surface area contributed by atoms with Crippen molar-refractivity contribution in [2.75, 3.05) is 30.8 Å². The predicted octanol–water partition coefficient (Wildman–Crippen LogP) is 3.44. The lowest BCUT2D eigenvalue weighted by molar-refractivity contribution is -0.120. The minimum Gasteiger partial charge on any atom is -0.497 e. The number of hydrogen-bond acceptors (Lipinski definition) is 5. The van der Waals surface area contributed by atoms with Gasteiger partial charge in [-0.15, -0.1) is 0 Å². The van der Waals surface area contributed by atoms with Gasteiger partial charge in [0.15, 0.2) is 0 Å². The molecule has 0 bridgehead atoms. The SMILES string of the molecule is CCCOc1ccc(N(CC(=O)NC2CCCc3cc(OC)ccc32)S(C)(=O)=O)cc1. The summed E-state index contributed by atoms with van der Waals surface area (Å²) in [6.07, 6.45) is 4.67. The lowest BCUT2D eigenvalue weighted by Crippen LogP contribution is -2.42. The zero-order valence-corrected chi connectivity index (χ0v) is 19.1. The molecule has 1 N–H and O–H groups in total. The van der Waals surface area contributed by atoms with Gasteiger partial charge in [0.2, 0.25) is 15.9 Å². The van der Waals surface area contributed by atoms with Crippen LogP contribution >= 0.6 is 0 Å². The van der Waals surface area contributed by atoms with Crippen LogP contribution in [-0.2, 0) is 21.2 Å². The fourth-order valence-corrected chi connectivity index (χ4v) is 4.62. The average molecular weight is 447 g/mol. The number of fused-ring (bicyclic) bond motifs is 1. The third-order valence-electron chi connectivity index (χ3n) is 5.28. The van der Waals surface area contributed by atoms with Crippen molar-refractivity contribution < 1.29 is 22.7 Å². The molecule has 1 aliphatic rings. The third-order valence-corrected chi connectivity index (χ3v) is 6.43. The Morgan fingerprint density at radius 3 is 2.52 bits per heavy atom. The molecule has 0 fully saturated rings. The molecule has 0 heterocycles. The number of benzene rings is 2. The minimum absolute atomic E-state index is 0.145. The molecule has 0 spiro atoms. The quantitative estimate of drug-likeness (QED) is 0.638. The van der Waals surface area contributed by atoms with E-state index in [2.05, 4.69) is 5.32 Å². The molecular weight excluding hydrogens is 416 g/mol. The number of carbonyl (C=O) groups is 1. The van der Waals surface area contributed by atoms with Crippen LogP contribution < -0.4 is 19.1 Å². The van der Waals surface area contributed by atoms with Crippen LogP contribution in [0.15, 0.2) is 42.5 Å². The van der Waals surface area contributed by atoms with Gasteiger partial charge in [0, 0.05) is 0 Å². The number of hydrogen-bond donors (Lipinski definition) is 1. The van der Waals surface area contributed by atoms with E-state index in [0.717, 1.165) is 53.1 Å². The molecule has 7 nitrogen and oxygen atoms in total. The van der Waals surface area contributed by atoms with Crippen LogP contribution in [0.3, 0.4) is 0 Å². The number of carbonyl (C=O) groups excluding carboxylic acids is 1. The first-order valence-electron chi connectivity index (χ1n) is 10.5. The van der Waals surface area contributed by atoms with E-state index in [1.54, 1.807) is 31.4 Å². The zero-order valence-electron chi connectivity index (χ0n) is 18.3. The smallest absolute Gasteiger partial charge is 0.241 e. The largest absolute Gasteiger partial charge is 0.497 e. The first kappa shape index (κ1) is 22.9. The Balaban J connectivity index is 1.73. The molecule has 0 saturated carbocycles. The van der Waals surface area contributed by atoms with Crippen LogP contribution in [0.1, 0.15) is 43.4 Å². The molecule has 1 aliphatic carbocycles. The van der Waals surface area contributed by atoms with Gasteiger partial charge in [-0.3, -0.25) is 9.10 Å². The maximum absolute atomic E-state index is 12.8. The van der Waals surface area contributed by atoms with Crippen LogP contribution in [0.4, 0.5) is 5.69 Å². The lowest BCUT2D eigenvalue weighted by Gasteiger charge is -2.28. The molecule has 3 rings (SSSR count). The molecule has 8 heteroatoms. The van der Waals surface area contributed by atoms with Gasteiger partial charge >= 0.3 is 0 Å². The molecule has 0 aliphatic heterocycles. The Morgan fingerprint density at radius 1 is 1.16 bits per heavy atom. The maximum atomic E-state index is 12.8. The Hall–Kier alpha value is -2.74. The highest BCUT2D eigenvalue weighted by Crippen LogP contribution is 2.32. The standard InChI is InChI=1S/C23H30N2O5S/c1-4-14-30-19-10-8-18(9-11-19)25(31(3,27)28)16-23(26)24-22-7-5-6-17-15-20(29-2)12-13-21(17)22/h8-13,15,22H,4-7,14,16H2,1-3H3,(H,24,26). The van der Waals surface area contributed by atoms with Crippen LogP contribution in [0.25, 0.3) is 0 Å². The first-order valence-corrected chi connectivity index (χ1v) is 12.3. The van der Waals surface area contributed by atoms with Crippen molar-refractivity contribution in [3.8, 4) is 11.5 Å². The van der Waals surface area contributed by atoms with Crippen molar-refractivity contribution in [3.05, 3.63) is 53.6 Å². The summed E-state index contributed by atoms with van der Waals surface area (Å²) < 4.78 is 36.7. The van der Waals surface area contributed by atoms with E-state index in [0.29, 0.717) is 18.0 Å². The molecule has 0 saturated heterocycles. The van der Waals surface area contributed by atoms with Gasteiger partial charge in [-0.05, 0) is 73.2 Å². The van der Waals surface area contributed by atoms with Crippen molar-refractivity contribution in [1.82, 2.24) is 5.32 Å². The van der Waals surface area contributed by atoms with E-state index < -0.39 is 10.0 Å². The Labute approximate surface area is 184 Å². The molecule has 2 aromatic carbocycles. The highest BCUT2D eigenvalue weighted by Gasteiger charge is 2.25. The number of methoxy groups -OCH3 is 1. The summed E-state index contributed by atoms with van der Waals surface area (Å²) in [6.45, 7) is 2.32. The molecule has 0 radical (unpaired) electrons. The molecule has 1 atom stereocenters. The Morgan fingerprint density at radius 2 is 1.87 bits per heavy atom. The topological polar surface area (TPSA) is 84.9 Å². The number of anilines is 1. The normalized spacial score (nSPS) is 15.6. The number of sulfonamides is 1. The van der Waals surface area contributed by atoms with Gasteiger partial charge in [-0.1, -0.05) is 13.0 Å². The highest BCUT2D eigenvalue weighted by atomic mass is 32.2. The van der Waals surface area contributed by atoms with Gasteiger partial charge in [-0.25, -0.2) is 8.42 Å². The van der Waals surface area contributed by atoms with Crippen LogP contribution in [0, 0.1) is 0 Å². The third kappa shape index (κ3) is 5.91. The fourth-order valence-electron chi connectivity index (χ4n) is 3.77. The summed E-state index contributed by atoms with van der Waals surface area (Å²) in [5.41, 5.74) is 2.64. The van der Waals surface area contributed by atoms with Gasteiger partial charge in [0.25, 0.3) is 0 Å². The summed E-state index contributed by atoms with van der Waals surface area (Å²) >= 11 is 0. The van der Waals surface area contributed by atoms with Gasteiger partial charge < -0.3 is 14.8 Å². The predicted molar refractivity (Wildman–Crippen MR) is 121 cm³/mol. The van der Waals surface area contributed by atoms with E-state index in [1.165, 1.54) is 0 Å². The lowest BCUT2D eigenvalue weighted by atomic mass is 9.87. The first-order chi connectivity index (χ1) is 14.8. The number of nitrogens with zero attached hydrogens (tertiary/aromatic N) is 1. The van der Waals surface area contributed by atoms with Crippen molar-refractivity contribution in [2.24, 2.45) is 0 Å².